The van der Waals surface area contributed by atoms with E-state index in [0.29, 0.717) is 12.1 Å². The van der Waals surface area contributed by atoms with E-state index in [0.717, 1.165) is 17.6 Å². The number of aliphatic imine (C=N–C) groups is 2. The number of allylic oxidation sites excluding steroid dienone is 1. The Hall–Kier alpha value is -1.76. The lowest BCUT2D eigenvalue weighted by Crippen LogP contribution is -2.22. The lowest BCUT2D eigenvalue weighted by molar-refractivity contribution is 0.535. The average Bonchev–Trinajstić information content (AvgIpc) is 2.33. The van der Waals surface area contributed by atoms with Gasteiger partial charge in [-0.15, -0.1) is 0 Å². The van der Waals surface area contributed by atoms with Crippen molar-refractivity contribution in [3.63, 3.8) is 0 Å². The zero-order valence-corrected chi connectivity index (χ0v) is 10.4. The van der Waals surface area contributed by atoms with Crippen LogP contribution in [0.15, 0.2) is 32.9 Å². The maximum absolute atomic E-state index is 10.5. The first-order chi connectivity index (χ1) is 8.19. The number of nitrogens with zero attached hydrogens (tertiary/aromatic N) is 2. The Morgan fingerprint density at radius 2 is 1.94 bits per heavy atom. The van der Waals surface area contributed by atoms with Crippen molar-refractivity contribution in [2.24, 2.45) is 15.9 Å². The van der Waals surface area contributed by atoms with Crippen LogP contribution in [-0.4, -0.2) is 18.2 Å². The molecule has 4 nitrogen and oxygen atoms in total. The van der Waals surface area contributed by atoms with Gasteiger partial charge < -0.3 is 0 Å². The Kier molecular flexibility index (Phi) is 4.77. The minimum Gasteiger partial charge on any atom is -0.211 e. The van der Waals surface area contributed by atoms with Gasteiger partial charge >= 0.3 is 0 Å². The highest BCUT2D eigenvalue weighted by Gasteiger charge is 2.27. The fourth-order valence-electron chi connectivity index (χ4n) is 2.25. The van der Waals surface area contributed by atoms with Crippen molar-refractivity contribution in [1.82, 2.24) is 0 Å². The van der Waals surface area contributed by atoms with Crippen LogP contribution in [0.5, 0.6) is 0 Å². The summed E-state index contributed by atoms with van der Waals surface area (Å²) < 4.78 is 0. The van der Waals surface area contributed by atoms with Crippen LogP contribution in [0.4, 0.5) is 0 Å². The van der Waals surface area contributed by atoms with E-state index in [1.807, 2.05) is 26.8 Å². The predicted molar refractivity (Wildman–Crippen MR) is 64.9 cm³/mol. The fourth-order valence-corrected chi connectivity index (χ4v) is 2.25. The van der Waals surface area contributed by atoms with Gasteiger partial charge in [-0.1, -0.05) is 26.8 Å². The standard InChI is InChI=1S/C13H16N2O2/c1-4-10-6-9(3)12(14-7-16)11(5-2)13(10)15-8-17/h6,9,12H,4-5H2,1-3H3. The quantitative estimate of drug-likeness (QED) is 0.552. The van der Waals surface area contributed by atoms with Crippen molar-refractivity contribution in [1.29, 1.82) is 0 Å². The summed E-state index contributed by atoms with van der Waals surface area (Å²) in [4.78, 5) is 28.5. The van der Waals surface area contributed by atoms with Gasteiger partial charge in [0.05, 0.1) is 11.7 Å². The van der Waals surface area contributed by atoms with E-state index in [4.69, 9.17) is 0 Å². The summed E-state index contributed by atoms with van der Waals surface area (Å²) in [6.07, 6.45) is 6.70. The molecule has 17 heavy (non-hydrogen) atoms. The first-order valence-corrected chi connectivity index (χ1v) is 5.78. The van der Waals surface area contributed by atoms with E-state index < -0.39 is 0 Å². The normalized spacial score (nSPS) is 23.6. The molecule has 0 aromatic carbocycles. The summed E-state index contributed by atoms with van der Waals surface area (Å²) in [6.45, 7) is 5.97. The van der Waals surface area contributed by atoms with Crippen LogP contribution in [0.25, 0.3) is 0 Å². The van der Waals surface area contributed by atoms with Crippen molar-refractivity contribution >= 4 is 12.2 Å². The van der Waals surface area contributed by atoms with Crippen molar-refractivity contribution in [3.8, 4) is 0 Å². The van der Waals surface area contributed by atoms with Crippen molar-refractivity contribution in [2.75, 3.05) is 0 Å². The molecule has 90 valence electrons. The van der Waals surface area contributed by atoms with Gasteiger partial charge in [-0.2, -0.15) is 9.98 Å². The number of carbonyl (C=O) groups excluding carboxylic acids is 2. The maximum atomic E-state index is 10.5. The highest BCUT2D eigenvalue weighted by Crippen LogP contribution is 2.34. The van der Waals surface area contributed by atoms with Crippen molar-refractivity contribution in [3.05, 3.63) is 22.9 Å². The molecule has 0 aromatic rings. The average molecular weight is 232 g/mol. The first-order valence-electron chi connectivity index (χ1n) is 5.78. The number of hydrogen-bond acceptors (Lipinski definition) is 4. The molecule has 0 aliphatic heterocycles. The molecule has 4 heteroatoms. The van der Waals surface area contributed by atoms with Crippen LogP contribution >= 0.6 is 0 Å². The van der Waals surface area contributed by atoms with E-state index >= 15 is 0 Å². The number of rotatable bonds is 4. The number of isocyanates is 2. The molecule has 0 aromatic heterocycles. The second-order valence-electron chi connectivity index (χ2n) is 4.00. The number of hydrogen-bond donors (Lipinski definition) is 0. The Balaban J connectivity index is 3.37. The zero-order valence-electron chi connectivity index (χ0n) is 10.4. The molecule has 0 saturated carbocycles. The maximum Gasteiger partial charge on any atom is 0.240 e. The highest BCUT2D eigenvalue weighted by atomic mass is 16.1. The lowest BCUT2D eigenvalue weighted by Gasteiger charge is -2.26. The van der Waals surface area contributed by atoms with Crippen molar-refractivity contribution in [2.45, 2.75) is 39.7 Å². The molecule has 0 saturated heterocycles. The largest absolute Gasteiger partial charge is 0.240 e. The van der Waals surface area contributed by atoms with Crippen LogP contribution in [0.3, 0.4) is 0 Å². The van der Waals surface area contributed by atoms with Crippen LogP contribution in [0.2, 0.25) is 0 Å². The highest BCUT2D eigenvalue weighted by molar-refractivity contribution is 5.49. The zero-order chi connectivity index (χ0) is 12.8. The van der Waals surface area contributed by atoms with Crippen LogP contribution in [-0.2, 0) is 9.59 Å². The second-order valence-corrected chi connectivity index (χ2v) is 4.00. The Bertz CT molecular complexity index is 450. The predicted octanol–water partition coefficient (Wildman–Crippen LogP) is 2.68. The summed E-state index contributed by atoms with van der Waals surface area (Å²) in [5, 5.41) is 0. The molecular weight excluding hydrogens is 216 g/mol. The summed E-state index contributed by atoms with van der Waals surface area (Å²) >= 11 is 0. The summed E-state index contributed by atoms with van der Waals surface area (Å²) in [7, 11) is 0. The molecule has 2 unspecified atom stereocenters. The van der Waals surface area contributed by atoms with Gasteiger partial charge in [-0.3, -0.25) is 0 Å². The molecule has 1 aliphatic carbocycles. The lowest BCUT2D eigenvalue weighted by atomic mass is 9.83. The molecule has 0 bridgehead atoms. The van der Waals surface area contributed by atoms with Crippen molar-refractivity contribution < 1.29 is 9.59 Å². The second kappa shape index (κ2) is 6.09. The molecule has 2 atom stereocenters. The van der Waals surface area contributed by atoms with E-state index in [1.165, 1.54) is 0 Å². The van der Waals surface area contributed by atoms with Gasteiger partial charge in [0.2, 0.25) is 12.2 Å². The molecular formula is C13H16N2O2. The van der Waals surface area contributed by atoms with E-state index in [2.05, 4.69) is 9.98 Å². The molecule has 0 heterocycles. The molecule has 0 spiro atoms. The molecule has 0 N–H and O–H groups in total. The molecule has 0 amide bonds. The topological polar surface area (TPSA) is 58.9 Å². The molecule has 1 aliphatic rings. The first kappa shape index (κ1) is 13.3. The van der Waals surface area contributed by atoms with Crippen LogP contribution in [0, 0.1) is 5.92 Å². The Labute approximate surface area is 101 Å². The third-order valence-corrected chi connectivity index (χ3v) is 3.04. The third-order valence-electron chi connectivity index (χ3n) is 3.04. The summed E-state index contributed by atoms with van der Waals surface area (Å²) in [6, 6.07) is -0.250. The van der Waals surface area contributed by atoms with E-state index in [-0.39, 0.29) is 12.0 Å². The van der Waals surface area contributed by atoms with Gasteiger partial charge in [-0.05, 0) is 24.0 Å². The van der Waals surface area contributed by atoms with E-state index in [9.17, 15) is 9.59 Å². The molecule has 0 radical (unpaired) electrons. The fraction of sp³-hybridized carbons (Fsp3) is 0.538. The smallest absolute Gasteiger partial charge is 0.211 e. The van der Waals surface area contributed by atoms with E-state index in [1.54, 1.807) is 12.2 Å². The van der Waals surface area contributed by atoms with Gasteiger partial charge in [0.25, 0.3) is 0 Å². The van der Waals surface area contributed by atoms with Crippen LogP contribution in [0.1, 0.15) is 33.6 Å². The summed E-state index contributed by atoms with van der Waals surface area (Å²) in [5.41, 5.74) is 2.59. The monoisotopic (exact) mass is 232 g/mol. The Morgan fingerprint density at radius 1 is 1.24 bits per heavy atom. The van der Waals surface area contributed by atoms with Gasteiger partial charge in [0.1, 0.15) is 0 Å². The van der Waals surface area contributed by atoms with Crippen LogP contribution < -0.4 is 0 Å². The van der Waals surface area contributed by atoms with Gasteiger partial charge in [-0.25, -0.2) is 9.59 Å². The van der Waals surface area contributed by atoms with Gasteiger partial charge in [0, 0.05) is 5.92 Å². The molecule has 1 rings (SSSR count). The molecule has 0 fully saturated rings. The minimum atomic E-state index is -0.250. The summed E-state index contributed by atoms with van der Waals surface area (Å²) in [5.74, 6) is 0.131. The SMILES string of the molecule is CCC1=CC(C)C(N=C=O)C(CC)=C1N=C=O. The minimum absolute atomic E-state index is 0.131. The third kappa shape index (κ3) is 2.68. The van der Waals surface area contributed by atoms with Gasteiger partial charge in [0.15, 0.2) is 0 Å². The Morgan fingerprint density at radius 3 is 2.41 bits per heavy atom.